The third kappa shape index (κ3) is 6.48. The largest absolute Gasteiger partial charge is 0.493 e. The van der Waals surface area contributed by atoms with E-state index in [1.54, 1.807) is 14.2 Å². The van der Waals surface area contributed by atoms with Crippen molar-refractivity contribution in [2.45, 2.75) is 19.1 Å². The fourth-order valence-electron chi connectivity index (χ4n) is 2.37. The first-order valence-corrected chi connectivity index (χ1v) is 10.0. The molecular weight excluding hydrogens is 384 g/mol. The minimum absolute atomic E-state index is 0.139. The Labute approximate surface area is 169 Å². The first-order valence-electron chi connectivity index (χ1n) is 8.47. The Morgan fingerprint density at radius 2 is 1.81 bits per heavy atom. The summed E-state index contributed by atoms with van der Waals surface area (Å²) in [5.74, 6) is 2.21. The van der Waals surface area contributed by atoms with E-state index < -0.39 is 0 Å². The van der Waals surface area contributed by atoms with Crippen LogP contribution in [0.2, 0.25) is 5.02 Å². The minimum Gasteiger partial charge on any atom is -0.493 e. The van der Waals surface area contributed by atoms with Crippen molar-refractivity contribution in [1.29, 1.82) is 0 Å². The van der Waals surface area contributed by atoms with Crippen LogP contribution >= 0.6 is 23.4 Å². The molecule has 0 aliphatic carbocycles. The van der Waals surface area contributed by atoms with E-state index >= 15 is 0 Å². The first kappa shape index (κ1) is 21.1. The van der Waals surface area contributed by atoms with Crippen molar-refractivity contribution < 1.29 is 14.3 Å². The number of rotatable bonds is 9. The van der Waals surface area contributed by atoms with Crippen LogP contribution in [0.4, 0.5) is 0 Å². The molecule has 2 aromatic carbocycles. The molecule has 2 rings (SSSR count). The summed E-state index contributed by atoms with van der Waals surface area (Å²) < 4.78 is 10.6. The van der Waals surface area contributed by atoms with Gasteiger partial charge in [-0.2, -0.15) is 5.10 Å². The molecule has 144 valence electrons. The summed E-state index contributed by atoms with van der Waals surface area (Å²) in [5.41, 5.74) is 5.40. The summed E-state index contributed by atoms with van der Waals surface area (Å²) in [6, 6.07) is 13.2. The van der Waals surface area contributed by atoms with Crippen LogP contribution in [-0.2, 0) is 10.5 Å². The van der Waals surface area contributed by atoms with Crippen LogP contribution in [0.5, 0.6) is 11.5 Å². The van der Waals surface area contributed by atoms with E-state index in [0.29, 0.717) is 28.7 Å². The molecule has 0 radical (unpaired) electrons. The SMILES string of the molecule is CCC(=NNC(=O)CSCc1ccc(Cl)cc1)c1ccc(OC)c(OC)c1. The first-order chi connectivity index (χ1) is 13.1. The van der Waals surface area contributed by atoms with Crippen LogP contribution in [0.3, 0.4) is 0 Å². The highest BCUT2D eigenvalue weighted by atomic mass is 35.5. The molecule has 0 aromatic heterocycles. The van der Waals surface area contributed by atoms with E-state index in [4.69, 9.17) is 21.1 Å². The molecule has 0 fully saturated rings. The Kier molecular flexibility index (Phi) is 8.48. The molecular formula is C20H23ClN2O3S. The van der Waals surface area contributed by atoms with Crippen molar-refractivity contribution in [1.82, 2.24) is 5.43 Å². The molecule has 0 unspecified atom stereocenters. The maximum absolute atomic E-state index is 12.1. The molecule has 0 aliphatic heterocycles. The average molecular weight is 407 g/mol. The molecule has 0 heterocycles. The zero-order valence-electron chi connectivity index (χ0n) is 15.6. The van der Waals surface area contributed by atoms with Crippen molar-refractivity contribution >= 4 is 35.0 Å². The van der Waals surface area contributed by atoms with E-state index in [9.17, 15) is 4.79 Å². The summed E-state index contributed by atoms with van der Waals surface area (Å²) in [6.07, 6.45) is 0.674. The summed E-state index contributed by atoms with van der Waals surface area (Å²) in [6.45, 7) is 1.98. The van der Waals surface area contributed by atoms with Gasteiger partial charge in [-0.1, -0.05) is 30.7 Å². The van der Waals surface area contributed by atoms with Crippen LogP contribution in [0.1, 0.15) is 24.5 Å². The van der Waals surface area contributed by atoms with Gasteiger partial charge in [0.05, 0.1) is 25.7 Å². The summed E-state index contributed by atoms with van der Waals surface area (Å²) in [5, 5.41) is 4.98. The van der Waals surface area contributed by atoms with Gasteiger partial charge in [0.15, 0.2) is 11.5 Å². The molecule has 2 aromatic rings. The average Bonchev–Trinajstić information content (AvgIpc) is 2.69. The smallest absolute Gasteiger partial charge is 0.250 e. The van der Waals surface area contributed by atoms with Gasteiger partial charge in [0.25, 0.3) is 0 Å². The van der Waals surface area contributed by atoms with E-state index in [0.717, 1.165) is 22.6 Å². The van der Waals surface area contributed by atoms with Crippen LogP contribution in [0, 0.1) is 0 Å². The Morgan fingerprint density at radius 1 is 1.11 bits per heavy atom. The Bertz CT molecular complexity index is 794. The molecule has 0 atom stereocenters. The number of carbonyl (C=O) groups excluding carboxylic acids is 1. The topological polar surface area (TPSA) is 59.9 Å². The van der Waals surface area contributed by atoms with Crippen LogP contribution < -0.4 is 14.9 Å². The predicted octanol–water partition coefficient (Wildman–Crippen LogP) is 4.52. The van der Waals surface area contributed by atoms with Crippen molar-refractivity contribution in [3.63, 3.8) is 0 Å². The second-order valence-corrected chi connectivity index (χ2v) is 7.06. The standard InChI is InChI=1S/C20H23ClN2O3S/c1-4-17(15-7-10-18(25-2)19(11-15)26-3)22-23-20(24)13-27-12-14-5-8-16(21)9-6-14/h5-11H,4,12-13H2,1-3H3,(H,23,24). The molecule has 1 amide bonds. The second kappa shape index (κ2) is 10.8. The molecule has 5 nitrogen and oxygen atoms in total. The van der Waals surface area contributed by atoms with Crippen LogP contribution in [0.25, 0.3) is 0 Å². The Morgan fingerprint density at radius 3 is 2.44 bits per heavy atom. The molecule has 0 spiro atoms. The summed E-state index contributed by atoms with van der Waals surface area (Å²) >= 11 is 7.39. The number of nitrogens with one attached hydrogen (secondary N) is 1. The quantitative estimate of drug-likeness (QED) is 0.491. The number of ether oxygens (including phenoxy) is 2. The van der Waals surface area contributed by atoms with Gasteiger partial charge < -0.3 is 9.47 Å². The van der Waals surface area contributed by atoms with Crippen molar-refractivity contribution in [2.24, 2.45) is 5.10 Å². The maximum Gasteiger partial charge on any atom is 0.250 e. The normalized spacial score (nSPS) is 11.2. The van der Waals surface area contributed by atoms with Gasteiger partial charge in [-0.25, -0.2) is 5.43 Å². The lowest BCUT2D eigenvalue weighted by molar-refractivity contribution is -0.118. The molecule has 0 bridgehead atoms. The number of hydrogen-bond donors (Lipinski definition) is 1. The van der Waals surface area contributed by atoms with Crippen LogP contribution in [0.15, 0.2) is 47.6 Å². The van der Waals surface area contributed by atoms with Gasteiger partial charge in [-0.3, -0.25) is 4.79 Å². The van der Waals surface area contributed by atoms with E-state index in [1.165, 1.54) is 11.8 Å². The highest BCUT2D eigenvalue weighted by molar-refractivity contribution is 7.99. The van der Waals surface area contributed by atoms with Gasteiger partial charge in [-0.15, -0.1) is 11.8 Å². The lowest BCUT2D eigenvalue weighted by Crippen LogP contribution is -2.21. The minimum atomic E-state index is -0.139. The van der Waals surface area contributed by atoms with Gasteiger partial charge in [0, 0.05) is 16.3 Å². The van der Waals surface area contributed by atoms with Gasteiger partial charge in [0.1, 0.15) is 0 Å². The van der Waals surface area contributed by atoms with Crippen LogP contribution in [-0.4, -0.2) is 31.6 Å². The number of thioether (sulfide) groups is 1. The number of halogens is 1. The fraction of sp³-hybridized carbons (Fsp3) is 0.300. The summed E-state index contributed by atoms with van der Waals surface area (Å²) in [4.78, 5) is 12.1. The second-order valence-electron chi connectivity index (χ2n) is 5.64. The lowest BCUT2D eigenvalue weighted by atomic mass is 10.1. The zero-order chi connectivity index (χ0) is 19.6. The highest BCUT2D eigenvalue weighted by Crippen LogP contribution is 2.28. The lowest BCUT2D eigenvalue weighted by Gasteiger charge is -2.10. The fourth-order valence-corrected chi connectivity index (χ4v) is 3.27. The number of methoxy groups -OCH3 is 2. The number of nitrogens with zero attached hydrogens (tertiary/aromatic N) is 1. The number of hydrogen-bond acceptors (Lipinski definition) is 5. The molecule has 0 aliphatic rings. The van der Waals surface area contributed by atoms with Crippen molar-refractivity contribution in [3.05, 3.63) is 58.6 Å². The summed E-state index contributed by atoms with van der Waals surface area (Å²) in [7, 11) is 3.18. The monoisotopic (exact) mass is 406 g/mol. The number of hydrazone groups is 1. The third-order valence-corrected chi connectivity index (χ3v) is 5.04. The van der Waals surface area contributed by atoms with Crippen molar-refractivity contribution in [3.8, 4) is 11.5 Å². The molecule has 1 N–H and O–H groups in total. The molecule has 27 heavy (non-hydrogen) atoms. The zero-order valence-corrected chi connectivity index (χ0v) is 17.2. The number of benzene rings is 2. The van der Waals surface area contributed by atoms with E-state index in [2.05, 4.69) is 10.5 Å². The molecule has 7 heteroatoms. The number of amides is 1. The van der Waals surface area contributed by atoms with Gasteiger partial charge in [-0.05, 0) is 42.3 Å². The Hall–Kier alpha value is -2.18. The predicted molar refractivity (Wildman–Crippen MR) is 112 cm³/mol. The number of carbonyl (C=O) groups is 1. The van der Waals surface area contributed by atoms with Gasteiger partial charge >= 0.3 is 0 Å². The highest BCUT2D eigenvalue weighted by Gasteiger charge is 2.09. The van der Waals surface area contributed by atoms with Gasteiger partial charge in [0.2, 0.25) is 5.91 Å². The molecule has 0 saturated carbocycles. The molecule has 0 saturated heterocycles. The van der Waals surface area contributed by atoms with Crippen molar-refractivity contribution in [2.75, 3.05) is 20.0 Å². The van der Waals surface area contributed by atoms with E-state index in [-0.39, 0.29) is 5.91 Å². The van der Waals surface area contributed by atoms with E-state index in [1.807, 2.05) is 49.4 Å². The third-order valence-electron chi connectivity index (χ3n) is 3.78. The maximum atomic E-state index is 12.1. The Balaban J connectivity index is 1.91.